The number of benzene rings is 1. The molecule has 0 aliphatic carbocycles. The molecule has 1 N–H and O–H groups in total. The lowest BCUT2D eigenvalue weighted by molar-refractivity contribution is 0.0642. The monoisotopic (exact) mass is 495 g/mol. The summed E-state index contributed by atoms with van der Waals surface area (Å²) in [5, 5.41) is 9.66. The minimum Gasteiger partial charge on any atom is -0.508 e. The second-order valence-electron chi connectivity index (χ2n) is 6.76. The number of phenols is 1. The lowest BCUT2D eigenvalue weighted by atomic mass is 9.80. The molecule has 0 bridgehead atoms. The van der Waals surface area contributed by atoms with Gasteiger partial charge in [-0.2, -0.15) is 0 Å². The molecule has 1 saturated heterocycles. The Labute approximate surface area is 177 Å². The second kappa shape index (κ2) is 13.1. The molecule has 1 aliphatic rings. The van der Waals surface area contributed by atoms with Gasteiger partial charge in [0.05, 0.1) is 0 Å². The van der Waals surface area contributed by atoms with E-state index in [0.29, 0.717) is 5.75 Å². The summed E-state index contributed by atoms with van der Waals surface area (Å²) in [7, 11) is -11.6. The average molecular weight is 495 g/mol. The molecule has 18 heteroatoms. The first-order valence-corrected chi connectivity index (χ1v) is 8.82. The van der Waals surface area contributed by atoms with Crippen LogP contribution in [0.5, 0.6) is 5.75 Å². The molecule has 0 saturated carbocycles. The van der Waals surface area contributed by atoms with Gasteiger partial charge in [-0.1, -0.05) is 12.1 Å². The molecule has 1 aromatic carbocycles. The third-order valence-electron chi connectivity index (χ3n) is 4.05. The van der Waals surface area contributed by atoms with E-state index in [0.717, 1.165) is 25.9 Å². The predicted octanol–water partition coefficient (Wildman–Crippen LogP) is 5.77. The summed E-state index contributed by atoms with van der Waals surface area (Å²) >= 11 is 0. The molecule has 3 nitrogen and oxygen atoms in total. The van der Waals surface area contributed by atoms with Gasteiger partial charge in [0, 0.05) is 5.54 Å². The Hall–Kier alpha value is -1.71. The highest BCUT2D eigenvalue weighted by Gasteiger charge is 2.37. The van der Waals surface area contributed by atoms with E-state index in [1.165, 1.54) is 5.56 Å². The topological polar surface area (TPSA) is 26.7 Å². The highest BCUT2D eigenvalue weighted by molar-refractivity contribution is 6.50. The predicted molar refractivity (Wildman–Crippen MR) is 101 cm³/mol. The van der Waals surface area contributed by atoms with Crippen LogP contribution in [-0.4, -0.2) is 70.9 Å². The number of hydrogen-bond donors (Lipinski definition) is 1. The third-order valence-corrected chi connectivity index (χ3v) is 4.05. The fraction of sp³-hybridized carbons (Fsp3) is 0.571. The zero-order valence-electron chi connectivity index (χ0n) is 17.2. The second-order valence-corrected chi connectivity index (χ2v) is 6.76. The van der Waals surface area contributed by atoms with Crippen molar-refractivity contribution < 1.29 is 56.9 Å². The fourth-order valence-corrected chi connectivity index (χ4v) is 2.78. The average Bonchev–Trinajstić information content (AvgIpc) is 2.50. The Morgan fingerprint density at radius 2 is 1.12 bits per heavy atom. The quantitative estimate of drug-likeness (QED) is 0.417. The van der Waals surface area contributed by atoms with E-state index in [4.69, 9.17) is 0 Å². The van der Waals surface area contributed by atoms with Crippen LogP contribution in [0.2, 0.25) is 0 Å². The summed E-state index contributed by atoms with van der Waals surface area (Å²) in [6, 6.07) is 7.71. The van der Waals surface area contributed by atoms with E-state index in [1.807, 2.05) is 12.1 Å². The highest BCUT2D eigenvalue weighted by atomic mass is 19.5. The van der Waals surface area contributed by atoms with Crippen LogP contribution in [0.3, 0.4) is 0 Å². The first kappa shape index (κ1) is 32.5. The van der Waals surface area contributed by atoms with Crippen LogP contribution in [0.1, 0.15) is 18.4 Å². The standard InChI is InChI=1S/C14H22N2O.3BF4/c1-15(2)14(7-9-16(3)10-8-14)12-5-4-6-13(17)11-12;3*2-1(3,4)5/h4-6,11,17H,7-10H2,1-3H3;;;/q;3*-1. The van der Waals surface area contributed by atoms with Gasteiger partial charge in [-0.25, -0.2) is 0 Å². The largest absolute Gasteiger partial charge is 0.673 e. The Morgan fingerprint density at radius 3 is 1.41 bits per heavy atom. The van der Waals surface area contributed by atoms with Crippen LogP contribution in [-0.2, 0) is 5.54 Å². The van der Waals surface area contributed by atoms with Gasteiger partial charge in [0.15, 0.2) is 0 Å². The van der Waals surface area contributed by atoms with Gasteiger partial charge in [-0.15, -0.1) is 0 Å². The Balaban J connectivity index is 0. The minimum atomic E-state index is -6.00. The Bertz CT molecular complexity index is 601. The van der Waals surface area contributed by atoms with Crippen LogP contribution in [0.15, 0.2) is 24.3 Å². The Kier molecular flexibility index (Phi) is 13.3. The summed E-state index contributed by atoms with van der Waals surface area (Å²) in [5.41, 5.74) is 1.31. The maximum Gasteiger partial charge on any atom is 0.673 e. The zero-order valence-corrected chi connectivity index (χ0v) is 17.2. The third kappa shape index (κ3) is 20.2. The van der Waals surface area contributed by atoms with Gasteiger partial charge >= 0.3 is 21.8 Å². The number of nitrogens with zero attached hydrogens (tertiary/aromatic N) is 2. The van der Waals surface area contributed by atoms with Crippen LogP contribution in [0, 0.1) is 0 Å². The molecular weight excluding hydrogens is 473 g/mol. The summed E-state index contributed by atoms with van der Waals surface area (Å²) in [6.07, 6.45) is 2.22. The van der Waals surface area contributed by atoms with Gasteiger partial charge in [0.1, 0.15) is 5.75 Å². The molecule has 2 rings (SSSR count). The molecule has 0 radical (unpaired) electrons. The summed E-state index contributed by atoms with van der Waals surface area (Å²) in [4.78, 5) is 4.67. The molecule has 190 valence electrons. The fourth-order valence-electron chi connectivity index (χ4n) is 2.78. The maximum atomic E-state index is 9.75. The lowest BCUT2D eigenvalue weighted by Gasteiger charge is -2.46. The van der Waals surface area contributed by atoms with Gasteiger partial charge in [-0.3, -0.25) is 4.90 Å². The van der Waals surface area contributed by atoms with Crippen molar-refractivity contribution >= 4 is 21.8 Å². The van der Waals surface area contributed by atoms with Crippen molar-refractivity contribution in [2.75, 3.05) is 34.2 Å². The van der Waals surface area contributed by atoms with Crippen molar-refractivity contribution in [1.29, 1.82) is 0 Å². The van der Waals surface area contributed by atoms with Gasteiger partial charge in [-0.05, 0) is 64.8 Å². The molecule has 0 atom stereocenters. The van der Waals surface area contributed by atoms with E-state index in [-0.39, 0.29) is 5.54 Å². The zero-order chi connectivity index (χ0) is 26.0. The first-order valence-electron chi connectivity index (χ1n) is 8.82. The molecule has 1 aliphatic heterocycles. The van der Waals surface area contributed by atoms with Crippen LogP contribution >= 0.6 is 0 Å². The SMILES string of the molecule is CN1CCC(c2cccc(O)c2)(N(C)C)CC1.F[B-](F)(F)F.F[B-](F)(F)F.F[B-](F)(F)F. The van der Waals surface area contributed by atoms with E-state index in [1.54, 1.807) is 6.07 Å². The van der Waals surface area contributed by atoms with Gasteiger partial charge in [0.2, 0.25) is 0 Å². The number of phenolic OH excluding ortho intramolecular Hbond substituents is 1. The summed E-state index contributed by atoms with van der Waals surface area (Å²) in [6.45, 7) is 2.21. The molecule has 1 heterocycles. The molecule has 32 heavy (non-hydrogen) atoms. The summed E-state index contributed by atoms with van der Waals surface area (Å²) in [5.74, 6) is 0.364. The Morgan fingerprint density at radius 1 is 0.781 bits per heavy atom. The van der Waals surface area contributed by atoms with Crippen LogP contribution in [0.4, 0.5) is 51.8 Å². The van der Waals surface area contributed by atoms with Crippen molar-refractivity contribution in [2.45, 2.75) is 18.4 Å². The van der Waals surface area contributed by atoms with Gasteiger partial charge < -0.3 is 61.8 Å². The number of hydrogen-bond acceptors (Lipinski definition) is 3. The molecule has 1 fully saturated rings. The first-order chi connectivity index (χ1) is 14.0. The number of likely N-dealkylation sites (tertiary alicyclic amines) is 1. The van der Waals surface area contributed by atoms with E-state index in [2.05, 4.69) is 37.0 Å². The maximum absolute atomic E-state index is 9.75. The molecule has 0 amide bonds. The van der Waals surface area contributed by atoms with Crippen LogP contribution < -0.4 is 0 Å². The van der Waals surface area contributed by atoms with Crippen molar-refractivity contribution in [3.8, 4) is 5.75 Å². The van der Waals surface area contributed by atoms with Crippen molar-refractivity contribution in [2.24, 2.45) is 0 Å². The van der Waals surface area contributed by atoms with Crippen molar-refractivity contribution in [1.82, 2.24) is 9.80 Å². The molecule has 0 unspecified atom stereocenters. The number of piperidine rings is 1. The molecular formula is C14H22B3F12N2O-3. The molecule has 0 spiro atoms. The normalized spacial score (nSPS) is 16.6. The van der Waals surface area contributed by atoms with Crippen LogP contribution in [0.25, 0.3) is 0 Å². The molecule has 0 aromatic heterocycles. The number of halogens is 12. The van der Waals surface area contributed by atoms with E-state index in [9.17, 15) is 56.9 Å². The van der Waals surface area contributed by atoms with E-state index >= 15 is 0 Å². The number of aromatic hydroxyl groups is 1. The highest BCUT2D eigenvalue weighted by Crippen LogP contribution is 2.38. The van der Waals surface area contributed by atoms with E-state index < -0.39 is 21.8 Å². The molecule has 1 aromatic rings. The minimum absolute atomic E-state index is 0.0747. The smallest absolute Gasteiger partial charge is 0.508 e. The summed E-state index contributed by atoms with van der Waals surface area (Å²) < 4.78 is 117. The van der Waals surface area contributed by atoms with Crippen molar-refractivity contribution in [3.63, 3.8) is 0 Å². The lowest BCUT2D eigenvalue weighted by Crippen LogP contribution is -2.49. The van der Waals surface area contributed by atoms with Crippen molar-refractivity contribution in [3.05, 3.63) is 29.8 Å². The van der Waals surface area contributed by atoms with Gasteiger partial charge in [0.25, 0.3) is 0 Å². The number of rotatable bonds is 2.